The maximum atomic E-state index is 4.46. The first kappa shape index (κ1) is 14.3. The van der Waals surface area contributed by atoms with Crippen LogP contribution in [0, 0.1) is 12.8 Å². The van der Waals surface area contributed by atoms with Crippen LogP contribution in [0.5, 0.6) is 0 Å². The average Bonchev–Trinajstić information content (AvgIpc) is 2.45. The van der Waals surface area contributed by atoms with Crippen LogP contribution in [0.3, 0.4) is 0 Å². The molecule has 4 heteroatoms. The Morgan fingerprint density at radius 3 is 2.65 bits per heavy atom. The Bertz CT molecular complexity index is 552. The summed E-state index contributed by atoms with van der Waals surface area (Å²) < 4.78 is 0. The molecule has 0 aliphatic carbocycles. The summed E-state index contributed by atoms with van der Waals surface area (Å²) >= 11 is 0. The van der Waals surface area contributed by atoms with E-state index in [0.717, 1.165) is 18.9 Å². The molecule has 0 fully saturated rings. The Morgan fingerprint density at radius 1 is 1.10 bits per heavy atom. The number of aromatic nitrogens is 2. The van der Waals surface area contributed by atoms with Crippen LogP contribution in [0.4, 0.5) is 11.8 Å². The topological polar surface area (TPSA) is 49.8 Å². The van der Waals surface area contributed by atoms with Gasteiger partial charge in [0, 0.05) is 19.3 Å². The highest BCUT2D eigenvalue weighted by molar-refractivity contribution is 5.41. The fourth-order valence-corrected chi connectivity index (χ4v) is 1.83. The number of hydrogen-bond donors (Lipinski definition) is 2. The van der Waals surface area contributed by atoms with Gasteiger partial charge in [-0.2, -0.15) is 4.98 Å². The van der Waals surface area contributed by atoms with Crippen LogP contribution >= 0.6 is 0 Å². The van der Waals surface area contributed by atoms with E-state index in [0.29, 0.717) is 11.9 Å². The largest absolute Gasteiger partial charge is 0.366 e. The second kappa shape index (κ2) is 6.89. The molecule has 0 radical (unpaired) electrons. The first-order chi connectivity index (χ1) is 9.65. The molecule has 0 aliphatic rings. The number of nitrogens with one attached hydrogen (secondary N) is 2. The Morgan fingerprint density at radius 2 is 1.90 bits per heavy atom. The van der Waals surface area contributed by atoms with Crippen LogP contribution in [0.2, 0.25) is 0 Å². The van der Waals surface area contributed by atoms with Gasteiger partial charge in [0.1, 0.15) is 5.82 Å². The summed E-state index contributed by atoms with van der Waals surface area (Å²) in [6, 6.07) is 10.2. The van der Waals surface area contributed by atoms with Crippen LogP contribution in [0.1, 0.15) is 25.0 Å². The lowest BCUT2D eigenvalue weighted by atomic mass is 10.1. The highest BCUT2D eigenvalue weighted by Gasteiger charge is 2.01. The Hall–Kier alpha value is -2.10. The van der Waals surface area contributed by atoms with E-state index in [1.54, 1.807) is 6.20 Å². The monoisotopic (exact) mass is 270 g/mol. The van der Waals surface area contributed by atoms with Crippen molar-refractivity contribution in [3.63, 3.8) is 0 Å². The quantitative estimate of drug-likeness (QED) is 0.844. The maximum Gasteiger partial charge on any atom is 0.224 e. The zero-order valence-electron chi connectivity index (χ0n) is 12.4. The molecule has 2 rings (SSSR count). The van der Waals surface area contributed by atoms with Crippen LogP contribution in [-0.4, -0.2) is 16.5 Å². The molecular weight excluding hydrogens is 248 g/mol. The number of aryl methyl sites for hydroxylation is 1. The van der Waals surface area contributed by atoms with E-state index in [1.807, 2.05) is 6.07 Å². The SMILES string of the molecule is Cc1ccccc1CNc1ccnc(NCC(C)C)n1. The fourth-order valence-electron chi connectivity index (χ4n) is 1.83. The second-order valence-electron chi connectivity index (χ2n) is 5.32. The molecule has 2 aromatic rings. The van der Waals surface area contributed by atoms with Crippen molar-refractivity contribution < 1.29 is 0 Å². The van der Waals surface area contributed by atoms with Crippen molar-refractivity contribution in [2.75, 3.05) is 17.2 Å². The summed E-state index contributed by atoms with van der Waals surface area (Å²) in [4.78, 5) is 8.68. The summed E-state index contributed by atoms with van der Waals surface area (Å²) in [5.74, 6) is 2.09. The Labute approximate surface area is 120 Å². The zero-order valence-corrected chi connectivity index (χ0v) is 12.4. The van der Waals surface area contributed by atoms with Crippen molar-refractivity contribution in [2.24, 2.45) is 5.92 Å². The summed E-state index contributed by atoms with van der Waals surface area (Å²) in [5.41, 5.74) is 2.56. The standard InChI is InChI=1S/C16H22N4/c1-12(2)10-19-16-17-9-8-15(20-16)18-11-14-7-5-4-6-13(14)3/h4-9,12H,10-11H2,1-3H3,(H2,17,18,19,20). The molecule has 0 aliphatic heterocycles. The molecule has 106 valence electrons. The Kier molecular flexibility index (Phi) is 4.93. The summed E-state index contributed by atoms with van der Waals surface area (Å²) in [7, 11) is 0. The molecule has 0 saturated heterocycles. The average molecular weight is 270 g/mol. The van der Waals surface area contributed by atoms with Crippen molar-refractivity contribution in [3.05, 3.63) is 47.7 Å². The van der Waals surface area contributed by atoms with E-state index in [1.165, 1.54) is 11.1 Å². The minimum Gasteiger partial charge on any atom is -0.366 e. The van der Waals surface area contributed by atoms with Gasteiger partial charge in [0.05, 0.1) is 0 Å². The lowest BCUT2D eigenvalue weighted by Crippen LogP contribution is -2.11. The summed E-state index contributed by atoms with van der Waals surface area (Å²) in [5, 5.41) is 6.57. The summed E-state index contributed by atoms with van der Waals surface area (Å²) in [6.45, 7) is 8.09. The lowest BCUT2D eigenvalue weighted by Gasteiger charge is -2.10. The predicted molar refractivity (Wildman–Crippen MR) is 83.9 cm³/mol. The molecule has 0 atom stereocenters. The molecule has 4 nitrogen and oxygen atoms in total. The van der Waals surface area contributed by atoms with Gasteiger partial charge in [0.2, 0.25) is 5.95 Å². The molecule has 1 heterocycles. The first-order valence-electron chi connectivity index (χ1n) is 7.00. The number of anilines is 2. The predicted octanol–water partition coefficient (Wildman–Crippen LogP) is 3.47. The molecule has 0 spiro atoms. The van der Waals surface area contributed by atoms with Crippen LogP contribution < -0.4 is 10.6 Å². The van der Waals surface area contributed by atoms with Crippen molar-refractivity contribution in [1.82, 2.24) is 9.97 Å². The summed E-state index contributed by atoms with van der Waals surface area (Å²) in [6.07, 6.45) is 1.77. The highest BCUT2D eigenvalue weighted by Crippen LogP contribution is 2.11. The third-order valence-corrected chi connectivity index (χ3v) is 3.05. The van der Waals surface area contributed by atoms with Gasteiger partial charge >= 0.3 is 0 Å². The number of rotatable bonds is 6. The highest BCUT2D eigenvalue weighted by atomic mass is 15.1. The van der Waals surface area contributed by atoms with Crippen molar-refractivity contribution in [1.29, 1.82) is 0 Å². The maximum absolute atomic E-state index is 4.46. The van der Waals surface area contributed by atoms with E-state index in [4.69, 9.17) is 0 Å². The van der Waals surface area contributed by atoms with Crippen LogP contribution in [0.15, 0.2) is 36.5 Å². The normalized spacial score (nSPS) is 10.6. The van der Waals surface area contributed by atoms with Gasteiger partial charge in [-0.05, 0) is 30.0 Å². The van der Waals surface area contributed by atoms with Crippen LogP contribution in [-0.2, 0) is 6.54 Å². The molecule has 0 bridgehead atoms. The molecule has 0 saturated carbocycles. The lowest BCUT2D eigenvalue weighted by molar-refractivity contribution is 0.684. The van der Waals surface area contributed by atoms with Gasteiger partial charge in [-0.25, -0.2) is 4.98 Å². The van der Waals surface area contributed by atoms with E-state index in [2.05, 4.69) is 65.6 Å². The van der Waals surface area contributed by atoms with E-state index < -0.39 is 0 Å². The van der Waals surface area contributed by atoms with Gasteiger partial charge in [-0.15, -0.1) is 0 Å². The van der Waals surface area contributed by atoms with E-state index in [9.17, 15) is 0 Å². The molecule has 20 heavy (non-hydrogen) atoms. The van der Waals surface area contributed by atoms with Crippen molar-refractivity contribution in [2.45, 2.75) is 27.3 Å². The number of nitrogens with zero attached hydrogens (tertiary/aromatic N) is 2. The van der Waals surface area contributed by atoms with Crippen molar-refractivity contribution >= 4 is 11.8 Å². The van der Waals surface area contributed by atoms with E-state index in [-0.39, 0.29) is 0 Å². The molecule has 2 N–H and O–H groups in total. The third-order valence-electron chi connectivity index (χ3n) is 3.05. The first-order valence-corrected chi connectivity index (χ1v) is 7.00. The fraction of sp³-hybridized carbons (Fsp3) is 0.375. The number of hydrogen-bond acceptors (Lipinski definition) is 4. The zero-order chi connectivity index (χ0) is 14.4. The van der Waals surface area contributed by atoms with Gasteiger partial charge in [-0.3, -0.25) is 0 Å². The van der Waals surface area contributed by atoms with E-state index >= 15 is 0 Å². The Balaban J connectivity index is 1.96. The minimum atomic E-state index is 0.571. The number of benzene rings is 1. The molecular formula is C16H22N4. The van der Waals surface area contributed by atoms with Crippen LogP contribution in [0.25, 0.3) is 0 Å². The van der Waals surface area contributed by atoms with Gasteiger partial charge in [0.15, 0.2) is 0 Å². The molecule has 0 amide bonds. The van der Waals surface area contributed by atoms with Crippen molar-refractivity contribution in [3.8, 4) is 0 Å². The van der Waals surface area contributed by atoms with Gasteiger partial charge < -0.3 is 10.6 Å². The van der Waals surface area contributed by atoms with Gasteiger partial charge in [-0.1, -0.05) is 38.1 Å². The molecule has 1 aromatic carbocycles. The molecule has 0 unspecified atom stereocenters. The third kappa shape index (κ3) is 4.23. The second-order valence-corrected chi connectivity index (χ2v) is 5.32. The minimum absolute atomic E-state index is 0.571. The molecule has 1 aromatic heterocycles. The smallest absolute Gasteiger partial charge is 0.224 e. The van der Waals surface area contributed by atoms with Gasteiger partial charge in [0.25, 0.3) is 0 Å².